The van der Waals surface area contributed by atoms with Crippen molar-refractivity contribution in [3.63, 3.8) is 0 Å². The van der Waals surface area contributed by atoms with Gasteiger partial charge in [-0.3, -0.25) is 14.6 Å². The summed E-state index contributed by atoms with van der Waals surface area (Å²) >= 11 is 7.02. The van der Waals surface area contributed by atoms with Crippen LogP contribution in [0.15, 0.2) is 57.9 Å². The molecule has 4 rings (SSSR count). The van der Waals surface area contributed by atoms with Crippen molar-refractivity contribution in [2.24, 2.45) is 11.7 Å². The van der Waals surface area contributed by atoms with E-state index in [0.29, 0.717) is 16.9 Å². The molecule has 2 heterocycles. The highest BCUT2D eigenvalue weighted by Gasteiger charge is 2.31. The molecule has 6 nitrogen and oxygen atoms in total. The minimum absolute atomic E-state index is 0.00344. The molecule has 146 valence electrons. The van der Waals surface area contributed by atoms with E-state index in [9.17, 15) is 9.59 Å². The second-order valence-electron chi connectivity index (χ2n) is 6.79. The summed E-state index contributed by atoms with van der Waals surface area (Å²) in [5.74, 6) is -0.400. The monoisotopic (exact) mass is 514 g/mol. The van der Waals surface area contributed by atoms with Gasteiger partial charge in [0.15, 0.2) is 0 Å². The number of nitrogens with one attached hydrogen (secondary N) is 1. The Morgan fingerprint density at radius 1 is 1.03 bits per heavy atom. The number of nitrogens with zero attached hydrogens (tertiary/aromatic N) is 2. The lowest BCUT2D eigenvalue weighted by Gasteiger charge is -2.16. The zero-order valence-electron chi connectivity index (χ0n) is 15.2. The summed E-state index contributed by atoms with van der Waals surface area (Å²) in [6.07, 6.45) is 6.52. The molecule has 0 bridgehead atoms. The van der Waals surface area contributed by atoms with Crippen molar-refractivity contribution in [2.75, 3.05) is 5.32 Å². The van der Waals surface area contributed by atoms with Gasteiger partial charge in [0.05, 0.1) is 5.56 Å². The Kier molecular flexibility index (Phi) is 5.47. The second kappa shape index (κ2) is 8.04. The molecule has 0 saturated heterocycles. The summed E-state index contributed by atoms with van der Waals surface area (Å²) in [7, 11) is 0. The Balaban J connectivity index is 1.92. The summed E-state index contributed by atoms with van der Waals surface area (Å²) in [6, 6.07) is 9.27. The number of hydrogen-bond donors (Lipinski definition) is 2. The van der Waals surface area contributed by atoms with E-state index in [1.54, 1.807) is 18.5 Å². The average molecular weight is 516 g/mol. The maximum atomic E-state index is 12.4. The minimum atomic E-state index is -0.602. The summed E-state index contributed by atoms with van der Waals surface area (Å²) in [5, 5.41) is 2.86. The van der Waals surface area contributed by atoms with Gasteiger partial charge < -0.3 is 11.1 Å². The van der Waals surface area contributed by atoms with Gasteiger partial charge in [-0.05, 0) is 54.3 Å². The van der Waals surface area contributed by atoms with Crippen molar-refractivity contribution in [3.8, 4) is 22.3 Å². The Bertz CT molecular complexity index is 1110. The highest BCUT2D eigenvalue weighted by atomic mass is 79.9. The highest BCUT2D eigenvalue weighted by molar-refractivity contribution is 9.11. The molecule has 1 aromatic carbocycles. The Morgan fingerprint density at radius 3 is 2.41 bits per heavy atom. The van der Waals surface area contributed by atoms with Gasteiger partial charge in [-0.25, -0.2) is 4.98 Å². The van der Waals surface area contributed by atoms with E-state index in [0.717, 1.165) is 32.9 Å². The zero-order chi connectivity index (χ0) is 20.5. The summed E-state index contributed by atoms with van der Waals surface area (Å²) in [6.45, 7) is 0. The molecule has 8 heteroatoms. The minimum Gasteiger partial charge on any atom is -0.366 e. The lowest BCUT2D eigenvalue weighted by Crippen LogP contribution is -2.18. The number of carbonyl (C=O) groups excluding carboxylic acids is 2. The van der Waals surface area contributed by atoms with Gasteiger partial charge in [-0.1, -0.05) is 31.9 Å². The first kappa shape index (κ1) is 19.7. The molecule has 1 fully saturated rings. The molecule has 2 amide bonds. The number of halogens is 2. The van der Waals surface area contributed by atoms with E-state index in [1.807, 2.05) is 24.3 Å². The van der Waals surface area contributed by atoms with Crippen molar-refractivity contribution in [2.45, 2.75) is 12.8 Å². The number of benzene rings is 1. The van der Waals surface area contributed by atoms with Crippen LogP contribution in [0.3, 0.4) is 0 Å². The van der Waals surface area contributed by atoms with Crippen molar-refractivity contribution < 1.29 is 9.59 Å². The number of amides is 2. The van der Waals surface area contributed by atoms with Crippen LogP contribution in [0.2, 0.25) is 0 Å². The summed E-state index contributed by atoms with van der Waals surface area (Å²) < 4.78 is 1.79. The SMILES string of the molecule is NC(=O)c1ccnc(NC(=O)C2CC2)c1-c1cnccc1-c1cc(Br)cc(Br)c1. The van der Waals surface area contributed by atoms with Gasteiger partial charge in [-0.15, -0.1) is 0 Å². The molecule has 0 spiro atoms. The van der Waals surface area contributed by atoms with Gasteiger partial charge in [0.1, 0.15) is 5.82 Å². The molecule has 0 unspecified atom stereocenters. The van der Waals surface area contributed by atoms with E-state index in [2.05, 4.69) is 47.1 Å². The largest absolute Gasteiger partial charge is 0.366 e. The van der Waals surface area contributed by atoms with Crippen molar-refractivity contribution in [1.29, 1.82) is 0 Å². The third-order valence-electron chi connectivity index (χ3n) is 4.67. The molecule has 1 aliphatic carbocycles. The van der Waals surface area contributed by atoms with Crippen LogP contribution in [0.1, 0.15) is 23.2 Å². The van der Waals surface area contributed by atoms with E-state index < -0.39 is 5.91 Å². The molecule has 0 radical (unpaired) electrons. The first-order valence-electron chi connectivity index (χ1n) is 8.94. The molecule has 0 atom stereocenters. The van der Waals surface area contributed by atoms with Gasteiger partial charge >= 0.3 is 0 Å². The maximum absolute atomic E-state index is 12.4. The van der Waals surface area contributed by atoms with E-state index in [4.69, 9.17) is 5.73 Å². The van der Waals surface area contributed by atoms with Gasteiger partial charge in [0.25, 0.3) is 0 Å². The molecular weight excluding hydrogens is 500 g/mol. The number of anilines is 1. The number of hydrogen-bond acceptors (Lipinski definition) is 4. The van der Waals surface area contributed by atoms with Crippen LogP contribution in [0, 0.1) is 5.92 Å². The Morgan fingerprint density at radius 2 is 1.76 bits per heavy atom. The quantitative estimate of drug-likeness (QED) is 0.510. The molecule has 3 aromatic rings. The summed E-state index contributed by atoms with van der Waals surface area (Å²) in [5.41, 5.74) is 8.78. The Hall–Kier alpha value is -2.58. The first-order valence-corrected chi connectivity index (χ1v) is 10.5. The third-order valence-corrected chi connectivity index (χ3v) is 5.59. The number of primary amides is 1. The number of aromatic nitrogens is 2. The summed E-state index contributed by atoms with van der Waals surface area (Å²) in [4.78, 5) is 33.1. The highest BCUT2D eigenvalue weighted by Crippen LogP contribution is 2.39. The normalized spacial score (nSPS) is 13.2. The zero-order valence-corrected chi connectivity index (χ0v) is 18.3. The van der Waals surface area contributed by atoms with Crippen LogP contribution in [0.25, 0.3) is 22.3 Å². The molecular formula is C21H16Br2N4O2. The third kappa shape index (κ3) is 4.23. The predicted octanol–water partition coefficient (Wildman–Crippen LogP) is 4.78. The lowest BCUT2D eigenvalue weighted by molar-refractivity contribution is -0.117. The topological polar surface area (TPSA) is 98.0 Å². The maximum Gasteiger partial charge on any atom is 0.249 e. The number of pyridine rings is 2. The smallest absolute Gasteiger partial charge is 0.249 e. The van der Waals surface area contributed by atoms with Crippen molar-refractivity contribution in [3.05, 3.63) is 63.4 Å². The Labute approximate surface area is 184 Å². The average Bonchev–Trinajstić information content (AvgIpc) is 3.52. The van der Waals surface area contributed by atoms with Crippen LogP contribution >= 0.6 is 31.9 Å². The number of nitrogens with two attached hydrogens (primary N) is 1. The molecule has 0 aliphatic heterocycles. The van der Waals surface area contributed by atoms with Crippen molar-refractivity contribution in [1.82, 2.24) is 9.97 Å². The predicted molar refractivity (Wildman–Crippen MR) is 118 cm³/mol. The van der Waals surface area contributed by atoms with Crippen LogP contribution in [-0.4, -0.2) is 21.8 Å². The van der Waals surface area contributed by atoms with E-state index >= 15 is 0 Å². The van der Waals surface area contributed by atoms with Gasteiger partial charge in [0.2, 0.25) is 11.8 Å². The first-order chi connectivity index (χ1) is 13.9. The fraction of sp³-hybridized carbons (Fsp3) is 0.143. The lowest BCUT2D eigenvalue weighted by atomic mass is 9.93. The number of carbonyl (C=O) groups is 2. The van der Waals surface area contributed by atoms with E-state index in [1.165, 1.54) is 6.20 Å². The number of rotatable bonds is 5. The molecule has 1 aliphatic rings. The van der Waals surface area contributed by atoms with Gasteiger partial charge in [-0.2, -0.15) is 0 Å². The van der Waals surface area contributed by atoms with Crippen LogP contribution in [-0.2, 0) is 4.79 Å². The van der Waals surface area contributed by atoms with Crippen molar-refractivity contribution >= 4 is 49.5 Å². The molecule has 29 heavy (non-hydrogen) atoms. The second-order valence-corrected chi connectivity index (χ2v) is 8.62. The molecule has 2 aromatic heterocycles. The fourth-order valence-corrected chi connectivity index (χ4v) is 4.45. The fourth-order valence-electron chi connectivity index (χ4n) is 3.15. The molecule has 3 N–H and O–H groups in total. The van der Waals surface area contributed by atoms with E-state index in [-0.39, 0.29) is 17.4 Å². The van der Waals surface area contributed by atoms with Gasteiger partial charge in [0, 0.05) is 44.6 Å². The molecule has 1 saturated carbocycles. The standard InChI is InChI=1S/C21H16Br2N4O2/c22-13-7-12(8-14(23)9-13)15-3-5-25-10-17(15)18-16(19(24)28)4-6-26-20(18)27-21(29)11-1-2-11/h3-11H,1-2H2,(H2,24,28)(H,26,27,29). The van der Waals surface area contributed by atoms with Crippen LogP contribution in [0.4, 0.5) is 5.82 Å². The van der Waals surface area contributed by atoms with Crippen LogP contribution < -0.4 is 11.1 Å². The van der Waals surface area contributed by atoms with Crippen LogP contribution in [0.5, 0.6) is 0 Å².